The number of rotatable bonds is 4. The van der Waals surface area contributed by atoms with Crippen molar-refractivity contribution in [2.24, 2.45) is 5.41 Å². The lowest BCUT2D eigenvalue weighted by atomic mass is 9.67. The van der Waals surface area contributed by atoms with E-state index >= 15 is 0 Å². The molecule has 1 fully saturated rings. The number of carbonyl (C=O) groups is 1. The molecule has 5 heteroatoms. The van der Waals surface area contributed by atoms with E-state index in [0.29, 0.717) is 6.61 Å². The van der Waals surface area contributed by atoms with E-state index in [-0.39, 0.29) is 17.6 Å². The third kappa shape index (κ3) is 4.39. The van der Waals surface area contributed by atoms with E-state index in [1.54, 1.807) is 7.11 Å². The highest BCUT2D eigenvalue weighted by molar-refractivity contribution is 7.80. The third-order valence-electron chi connectivity index (χ3n) is 2.87. The Hall–Kier alpha value is -0.420. The van der Waals surface area contributed by atoms with Crippen LogP contribution in [0.4, 0.5) is 4.79 Å². The number of thiol groups is 1. The Morgan fingerprint density at radius 1 is 1.47 bits per heavy atom. The standard InChI is InChI=1S/C12H23NO3S/c1-11(2,3)16-10(14)13-9-5-12(6-9,8-17)7-15-4/h9,17H,5-8H2,1-4H3,(H,13,14). The van der Waals surface area contributed by atoms with Gasteiger partial charge in [-0.25, -0.2) is 4.79 Å². The maximum Gasteiger partial charge on any atom is 0.407 e. The highest BCUT2D eigenvalue weighted by Crippen LogP contribution is 2.42. The van der Waals surface area contributed by atoms with Gasteiger partial charge in [-0.15, -0.1) is 0 Å². The smallest absolute Gasteiger partial charge is 0.407 e. The number of nitrogens with one attached hydrogen (secondary N) is 1. The SMILES string of the molecule is COCC1(CS)CC(NC(=O)OC(C)(C)C)C1. The van der Waals surface area contributed by atoms with Gasteiger partial charge >= 0.3 is 6.09 Å². The largest absolute Gasteiger partial charge is 0.444 e. The summed E-state index contributed by atoms with van der Waals surface area (Å²) < 4.78 is 10.4. The summed E-state index contributed by atoms with van der Waals surface area (Å²) in [5, 5.41) is 2.87. The van der Waals surface area contributed by atoms with Gasteiger partial charge < -0.3 is 14.8 Å². The minimum absolute atomic E-state index is 0.123. The van der Waals surface area contributed by atoms with Crippen LogP contribution in [0.5, 0.6) is 0 Å². The molecule has 0 radical (unpaired) electrons. The van der Waals surface area contributed by atoms with Crippen molar-refractivity contribution in [1.29, 1.82) is 0 Å². The van der Waals surface area contributed by atoms with Crippen LogP contribution >= 0.6 is 12.6 Å². The zero-order valence-corrected chi connectivity index (χ0v) is 12.0. The second-order valence-electron chi connectivity index (χ2n) is 5.84. The fourth-order valence-corrected chi connectivity index (χ4v) is 2.51. The Kier molecular flexibility index (Phi) is 4.72. The molecule has 0 saturated heterocycles. The quantitative estimate of drug-likeness (QED) is 0.763. The summed E-state index contributed by atoms with van der Waals surface area (Å²) in [5.41, 5.74) is -0.321. The van der Waals surface area contributed by atoms with Crippen LogP contribution in [0.3, 0.4) is 0 Å². The van der Waals surface area contributed by atoms with E-state index in [2.05, 4.69) is 17.9 Å². The van der Waals surface area contributed by atoms with Gasteiger partial charge in [-0.05, 0) is 39.4 Å². The van der Waals surface area contributed by atoms with Gasteiger partial charge in [0.1, 0.15) is 5.60 Å². The average molecular weight is 261 g/mol. The van der Waals surface area contributed by atoms with Crippen LogP contribution in [0.1, 0.15) is 33.6 Å². The molecule has 1 amide bonds. The monoisotopic (exact) mass is 261 g/mol. The van der Waals surface area contributed by atoms with Crippen molar-refractivity contribution >= 4 is 18.7 Å². The van der Waals surface area contributed by atoms with E-state index in [9.17, 15) is 4.79 Å². The first kappa shape index (κ1) is 14.6. The molecule has 0 spiro atoms. The molecule has 0 aromatic heterocycles. The van der Waals surface area contributed by atoms with Crippen LogP contribution in [-0.2, 0) is 9.47 Å². The zero-order valence-electron chi connectivity index (χ0n) is 11.1. The molecule has 1 aliphatic carbocycles. The number of hydrogen-bond acceptors (Lipinski definition) is 4. The number of methoxy groups -OCH3 is 1. The van der Waals surface area contributed by atoms with Crippen molar-refractivity contribution < 1.29 is 14.3 Å². The lowest BCUT2D eigenvalue weighted by Gasteiger charge is -2.46. The van der Waals surface area contributed by atoms with Gasteiger partial charge in [0.25, 0.3) is 0 Å². The number of ether oxygens (including phenoxy) is 2. The summed E-state index contributed by atoms with van der Waals surface area (Å²) in [6.45, 7) is 6.27. The number of amides is 1. The van der Waals surface area contributed by atoms with Crippen LogP contribution in [-0.4, -0.2) is 37.2 Å². The Bertz CT molecular complexity index is 269. The van der Waals surface area contributed by atoms with E-state index in [4.69, 9.17) is 9.47 Å². The molecule has 0 heterocycles. The fraction of sp³-hybridized carbons (Fsp3) is 0.917. The van der Waals surface area contributed by atoms with Crippen LogP contribution in [0.15, 0.2) is 0 Å². The second-order valence-corrected chi connectivity index (χ2v) is 6.16. The molecule has 4 nitrogen and oxygen atoms in total. The molecule has 0 bridgehead atoms. The van der Waals surface area contributed by atoms with Crippen molar-refractivity contribution in [1.82, 2.24) is 5.32 Å². The van der Waals surface area contributed by atoms with Crippen LogP contribution < -0.4 is 5.32 Å². The predicted octanol–water partition coefficient (Wildman–Crippen LogP) is 2.24. The predicted molar refractivity (Wildman–Crippen MR) is 70.6 cm³/mol. The first-order chi connectivity index (χ1) is 7.80. The minimum Gasteiger partial charge on any atom is -0.444 e. The van der Waals surface area contributed by atoms with Crippen LogP contribution in [0.2, 0.25) is 0 Å². The second kappa shape index (κ2) is 5.48. The van der Waals surface area contributed by atoms with E-state index < -0.39 is 5.60 Å². The van der Waals surface area contributed by atoms with Gasteiger partial charge in [0, 0.05) is 18.6 Å². The summed E-state index contributed by atoms with van der Waals surface area (Å²) in [6, 6.07) is 0.187. The molecule has 0 aromatic carbocycles. The summed E-state index contributed by atoms with van der Waals surface area (Å²) in [7, 11) is 1.69. The number of carbonyl (C=O) groups excluding carboxylic acids is 1. The van der Waals surface area contributed by atoms with Crippen molar-refractivity contribution in [2.45, 2.75) is 45.3 Å². The molecule has 1 rings (SSSR count). The highest BCUT2D eigenvalue weighted by Gasteiger charge is 2.44. The molecule has 1 aliphatic rings. The van der Waals surface area contributed by atoms with E-state index in [1.807, 2.05) is 20.8 Å². The first-order valence-electron chi connectivity index (χ1n) is 5.89. The lowest BCUT2D eigenvalue weighted by molar-refractivity contribution is 0.00330. The van der Waals surface area contributed by atoms with Crippen molar-refractivity contribution in [3.8, 4) is 0 Å². The zero-order chi connectivity index (χ0) is 13.1. The summed E-state index contributed by atoms with van der Waals surface area (Å²) >= 11 is 4.34. The first-order valence-corrected chi connectivity index (χ1v) is 6.53. The number of alkyl carbamates (subject to hydrolysis) is 1. The van der Waals surface area contributed by atoms with Crippen LogP contribution in [0.25, 0.3) is 0 Å². The van der Waals surface area contributed by atoms with Gasteiger partial charge in [-0.1, -0.05) is 0 Å². The van der Waals surface area contributed by atoms with E-state index in [0.717, 1.165) is 18.6 Å². The van der Waals surface area contributed by atoms with Gasteiger partial charge in [0.05, 0.1) is 6.61 Å². The molecule has 0 aromatic rings. The number of hydrogen-bond donors (Lipinski definition) is 2. The molecule has 17 heavy (non-hydrogen) atoms. The summed E-state index contributed by atoms with van der Waals surface area (Å²) in [6.07, 6.45) is 1.47. The molecular formula is C12H23NO3S. The van der Waals surface area contributed by atoms with Crippen molar-refractivity contribution in [3.63, 3.8) is 0 Å². The van der Waals surface area contributed by atoms with Crippen molar-refractivity contribution in [2.75, 3.05) is 19.5 Å². The molecule has 0 atom stereocenters. The maximum atomic E-state index is 11.5. The third-order valence-corrected chi connectivity index (χ3v) is 3.54. The average Bonchev–Trinajstić information content (AvgIpc) is 2.11. The van der Waals surface area contributed by atoms with Gasteiger partial charge in [0.15, 0.2) is 0 Å². The summed E-state index contributed by atoms with van der Waals surface area (Å²) in [4.78, 5) is 11.5. The fourth-order valence-electron chi connectivity index (χ4n) is 2.16. The Morgan fingerprint density at radius 3 is 2.47 bits per heavy atom. The summed E-state index contributed by atoms with van der Waals surface area (Å²) in [5.74, 6) is 0.785. The van der Waals surface area contributed by atoms with Gasteiger partial charge in [-0.3, -0.25) is 0 Å². The van der Waals surface area contributed by atoms with Crippen LogP contribution in [0, 0.1) is 5.41 Å². The molecule has 100 valence electrons. The minimum atomic E-state index is -0.443. The van der Waals surface area contributed by atoms with Crippen molar-refractivity contribution in [3.05, 3.63) is 0 Å². The molecule has 0 unspecified atom stereocenters. The van der Waals surface area contributed by atoms with E-state index in [1.165, 1.54) is 0 Å². The molecule has 1 saturated carbocycles. The molecule has 1 N–H and O–H groups in total. The van der Waals surface area contributed by atoms with Gasteiger partial charge in [-0.2, -0.15) is 12.6 Å². The molecular weight excluding hydrogens is 238 g/mol. The Labute approximate surface area is 109 Å². The molecule has 0 aliphatic heterocycles. The maximum absolute atomic E-state index is 11.5. The highest BCUT2D eigenvalue weighted by atomic mass is 32.1. The van der Waals surface area contributed by atoms with Gasteiger partial charge in [0.2, 0.25) is 0 Å². The normalized spacial score (nSPS) is 28.4. The lowest BCUT2D eigenvalue weighted by Crippen LogP contribution is -2.54. The Balaban J connectivity index is 2.31. The topological polar surface area (TPSA) is 47.6 Å². The Morgan fingerprint density at radius 2 is 2.06 bits per heavy atom.